The van der Waals surface area contributed by atoms with E-state index < -0.39 is 5.54 Å². The zero-order valence-electron chi connectivity index (χ0n) is 11.6. The van der Waals surface area contributed by atoms with E-state index in [9.17, 15) is 4.79 Å². The first-order chi connectivity index (χ1) is 7.94. The number of carbonyl (C=O) groups excluding carboxylic acids is 1. The van der Waals surface area contributed by atoms with E-state index in [2.05, 4.69) is 13.8 Å². The van der Waals surface area contributed by atoms with E-state index in [-0.39, 0.29) is 5.97 Å². The lowest BCUT2D eigenvalue weighted by Gasteiger charge is -2.22. The van der Waals surface area contributed by atoms with E-state index in [1.165, 1.54) is 12.2 Å². The minimum atomic E-state index is -0.826. The molecule has 17 heavy (non-hydrogen) atoms. The van der Waals surface area contributed by atoms with Crippen molar-refractivity contribution in [1.29, 1.82) is 0 Å². The standard InChI is InChI=1S/C13H27NO2S/c1-5-11(3)10-17-9-7-8-13(4,14)12(15)16-6-2/h11H,5-10,14H2,1-4H3. The SMILES string of the molecule is CCOC(=O)C(C)(N)CCCSCC(C)CC. The van der Waals surface area contributed by atoms with E-state index in [4.69, 9.17) is 10.5 Å². The third-order valence-corrected chi connectivity index (χ3v) is 4.21. The van der Waals surface area contributed by atoms with Gasteiger partial charge in [0.15, 0.2) is 0 Å². The second-order valence-electron chi connectivity index (χ2n) is 4.83. The molecule has 2 N–H and O–H groups in total. The van der Waals surface area contributed by atoms with Crippen LogP contribution in [0.15, 0.2) is 0 Å². The summed E-state index contributed by atoms with van der Waals surface area (Å²) in [5, 5.41) is 0. The summed E-state index contributed by atoms with van der Waals surface area (Å²) < 4.78 is 4.95. The Balaban J connectivity index is 3.69. The molecule has 0 aliphatic heterocycles. The monoisotopic (exact) mass is 261 g/mol. The van der Waals surface area contributed by atoms with Gasteiger partial charge in [0.25, 0.3) is 0 Å². The summed E-state index contributed by atoms with van der Waals surface area (Å²) in [4.78, 5) is 11.5. The van der Waals surface area contributed by atoms with E-state index in [0.717, 1.165) is 18.1 Å². The van der Waals surface area contributed by atoms with Crippen LogP contribution < -0.4 is 5.73 Å². The van der Waals surface area contributed by atoms with Crippen LogP contribution in [0.5, 0.6) is 0 Å². The number of esters is 1. The lowest BCUT2D eigenvalue weighted by atomic mass is 9.98. The Kier molecular flexibility index (Phi) is 8.70. The smallest absolute Gasteiger partial charge is 0.325 e. The van der Waals surface area contributed by atoms with Crippen molar-refractivity contribution in [2.75, 3.05) is 18.1 Å². The van der Waals surface area contributed by atoms with Crippen molar-refractivity contribution in [3.63, 3.8) is 0 Å². The molecule has 0 spiro atoms. The molecule has 0 aromatic heterocycles. The number of ether oxygens (including phenoxy) is 1. The Hall–Kier alpha value is -0.220. The summed E-state index contributed by atoms with van der Waals surface area (Å²) >= 11 is 1.94. The summed E-state index contributed by atoms with van der Waals surface area (Å²) in [5.74, 6) is 2.74. The number of hydrogen-bond acceptors (Lipinski definition) is 4. The highest BCUT2D eigenvalue weighted by Gasteiger charge is 2.28. The highest BCUT2D eigenvalue weighted by atomic mass is 32.2. The quantitative estimate of drug-likeness (QED) is 0.512. The molecule has 2 unspecified atom stereocenters. The Labute approximate surface area is 110 Å². The van der Waals surface area contributed by atoms with Crippen molar-refractivity contribution >= 4 is 17.7 Å². The maximum Gasteiger partial charge on any atom is 0.325 e. The number of hydrogen-bond donors (Lipinski definition) is 1. The molecule has 0 aliphatic carbocycles. The molecule has 3 nitrogen and oxygen atoms in total. The predicted octanol–water partition coefficient (Wildman–Crippen LogP) is 2.83. The zero-order chi connectivity index (χ0) is 13.3. The second-order valence-corrected chi connectivity index (χ2v) is 5.98. The van der Waals surface area contributed by atoms with Crippen molar-refractivity contribution in [3.8, 4) is 0 Å². The van der Waals surface area contributed by atoms with E-state index >= 15 is 0 Å². The number of carbonyl (C=O) groups is 1. The van der Waals surface area contributed by atoms with Gasteiger partial charge < -0.3 is 10.5 Å². The van der Waals surface area contributed by atoms with Crippen LogP contribution in [0.1, 0.15) is 47.0 Å². The minimum absolute atomic E-state index is 0.285. The predicted molar refractivity (Wildman–Crippen MR) is 75.2 cm³/mol. The van der Waals surface area contributed by atoms with Gasteiger partial charge in [0.2, 0.25) is 0 Å². The fourth-order valence-electron chi connectivity index (χ4n) is 1.34. The Morgan fingerprint density at radius 1 is 1.47 bits per heavy atom. The molecule has 0 saturated carbocycles. The van der Waals surface area contributed by atoms with Crippen molar-refractivity contribution in [2.45, 2.75) is 52.5 Å². The van der Waals surface area contributed by atoms with Crippen molar-refractivity contribution < 1.29 is 9.53 Å². The van der Waals surface area contributed by atoms with Crippen LogP contribution in [-0.2, 0) is 9.53 Å². The number of thioether (sulfide) groups is 1. The second kappa shape index (κ2) is 8.81. The largest absolute Gasteiger partial charge is 0.465 e. The summed E-state index contributed by atoms with van der Waals surface area (Å²) in [7, 11) is 0. The third kappa shape index (κ3) is 7.66. The third-order valence-electron chi connectivity index (χ3n) is 2.83. The molecule has 102 valence electrons. The molecular formula is C13H27NO2S. The highest BCUT2D eigenvalue weighted by molar-refractivity contribution is 7.99. The van der Waals surface area contributed by atoms with Crippen LogP contribution in [0.25, 0.3) is 0 Å². The topological polar surface area (TPSA) is 52.3 Å². The average Bonchev–Trinajstić information content (AvgIpc) is 2.28. The summed E-state index contributed by atoms with van der Waals surface area (Å²) in [6.45, 7) is 8.43. The van der Waals surface area contributed by atoms with E-state index in [1.54, 1.807) is 13.8 Å². The molecule has 4 heteroatoms. The van der Waals surface area contributed by atoms with E-state index in [0.29, 0.717) is 13.0 Å². The lowest BCUT2D eigenvalue weighted by molar-refractivity contribution is -0.149. The first-order valence-electron chi connectivity index (χ1n) is 6.47. The van der Waals surface area contributed by atoms with Crippen LogP contribution >= 0.6 is 11.8 Å². The molecule has 2 atom stereocenters. The zero-order valence-corrected chi connectivity index (χ0v) is 12.4. The summed E-state index contributed by atoms with van der Waals surface area (Å²) in [6, 6.07) is 0. The molecule has 0 saturated heterocycles. The van der Waals surface area contributed by atoms with Crippen molar-refractivity contribution in [3.05, 3.63) is 0 Å². The Bertz CT molecular complexity index is 219. The van der Waals surface area contributed by atoms with E-state index in [1.807, 2.05) is 11.8 Å². The van der Waals surface area contributed by atoms with Gasteiger partial charge in [-0.3, -0.25) is 4.79 Å². The fourth-order valence-corrected chi connectivity index (χ4v) is 2.50. The van der Waals surface area contributed by atoms with Gasteiger partial charge in [0.1, 0.15) is 5.54 Å². The first kappa shape index (κ1) is 16.8. The van der Waals surface area contributed by atoms with Crippen molar-refractivity contribution in [1.82, 2.24) is 0 Å². The Morgan fingerprint density at radius 2 is 2.12 bits per heavy atom. The average molecular weight is 261 g/mol. The highest BCUT2D eigenvalue weighted by Crippen LogP contribution is 2.17. The molecule has 0 fully saturated rings. The maximum absolute atomic E-state index is 11.5. The summed E-state index contributed by atoms with van der Waals surface area (Å²) in [5.41, 5.74) is 5.10. The van der Waals surface area contributed by atoms with Gasteiger partial charge in [-0.2, -0.15) is 11.8 Å². The molecule has 0 amide bonds. The van der Waals surface area contributed by atoms with Crippen molar-refractivity contribution in [2.24, 2.45) is 11.7 Å². The van der Waals surface area contributed by atoms with Gasteiger partial charge in [-0.15, -0.1) is 0 Å². The van der Waals surface area contributed by atoms with Crippen LogP contribution in [0, 0.1) is 5.92 Å². The Morgan fingerprint density at radius 3 is 2.65 bits per heavy atom. The number of rotatable bonds is 9. The van der Waals surface area contributed by atoms with Crippen LogP contribution in [0.2, 0.25) is 0 Å². The summed E-state index contributed by atoms with van der Waals surface area (Å²) in [6.07, 6.45) is 2.89. The van der Waals surface area contributed by atoms with Crippen LogP contribution in [0.4, 0.5) is 0 Å². The molecule has 0 radical (unpaired) electrons. The first-order valence-corrected chi connectivity index (χ1v) is 7.63. The molecule has 0 bridgehead atoms. The molecule has 0 aromatic carbocycles. The normalized spacial score (nSPS) is 16.3. The minimum Gasteiger partial charge on any atom is -0.465 e. The molecule has 0 rings (SSSR count). The molecule has 0 aromatic rings. The maximum atomic E-state index is 11.5. The molecule has 0 aliphatic rings. The van der Waals surface area contributed by atoms with Gasteiger partial charge in [0, 0.05) is 0 Å². The van der Waals surface area contributed by atoms with Crippen LogP contribution in [0.3, 0.4) is 0 Å². The van der Waals surface area contributed by atoms with Gasteiger partial charge in [-0.05, 0) is 44.1 Å². The fraction of sp³-hybridized carbons (Fsp3) is 0.923. The van der Waals surface area contributed by atoms with Gasteiger partial charge >= 0.3 is 5.97 Å². The van der Waals surface area contributed by atoms with Crippen LogP contribution in [-0.4, -0.2) is 29.6 Å². The molecule has 0 heterocycles. The van der Waals surface area contributed by atoms with Gasteiger partial charge in [0.05, 0.1) is 6.61 Å². The molecular weight excluding hydrogens is 234 g/mol. The van der Waals surface area contributed by atoms with Gasteiger partial charge in [-0.1, -0.05) is 20.3 Å². The number of nitrogens with two attached hydrogens (primary N) is 1. The lowest BCUT2D eigenvalue weighted by Crippen LogP contribution is -2.46. The van der Waals surface area contributed by atoms with Gasteiger partial charge in [-0.25, -0.2) is 0 Å².